The highest BCUT2D eigenvalue weighted by atomic mass is 16.4. The molecule has 1 rings (SSSR count). The van der Waals surface area contributed by atoms with E-state index in [1.165, 1.54) is 12.1 Å². The molecule has 0 bridgehead atoms. The molecule has 1 aromatic rings. The average Bonchev–Trinajstić information content (AvgIpc) is 2.35. The van der Waals surface area contributed by atoms with Gasteiger partial charge < -0.3 is 21.3 Å². The number of rotatable bonds is 6. The second kappa shape index (κ2) is 6.36. The smallest absolute Gasteiger partial charge is 0.335 e. The van der Waals surface area contributed by atoms with Gasteiger partial charge in [0.05, 0.1) is 11.1 Å². The second-order valence-corrected chi connectivity index (χ2v) is 5.45. The van der Waals surface area contributed by atoms with Crippen molar-refractivity contribution in [2.45, 2.75) is 32.2 Å². The van der Waals surface area contributed by atoms with Crippen LogP contribution in [0.1, 0.15) is 47.4 Å². The number of nitrogens with one attached hydrogen (secondary N) is 1. The predicted octanol–water partition coefficient (Wildman–Crippen LogP) is 1.54. The molecule has 0 unspecified atom stereocenters. The molecule has 0 spiro atoms. The Kier molecular flexibility index (Phi) is 5.04. The number of benzene rings is 1. The molecule has 0 fully saturated rings. The van der Waals surface area contributed by atoms with Gasteiger partial charge in [-0.3, -0.25) is 4.79 Å². The minimum Gasteiger partial charge on any atom is -0.478 e. The number of aromatic carboxylic acids is 2. The van der Waals surface area contributed by atoms with Gasteiger partial charge in [-0.05, 0) is 38.5 Å². The maximum Gasteiger partial charge on any atom is 0.335 e. The van der Waals surface area contributed by atoms with Crippen molar-refractivity contribution in [1.82, 2.24) is 0 Å². The summed E-state index contributed by atoms with van der Waals surface area (Å²) in [4.78, 5) is 33.7. The maximum atomic E-state index is 11.8. The molecule has 1 aromatic carbocycles. The minimum atomic E-state index is -1.27. The summed E-state index contributed by atoms with van der Waals surface area (Å²) in [5, 5.41) is 20.4. The summed E-state index contributed by atoms with van der Waals surface area (Å²) in [6, 6.07) is 3.45. The van der Waals surface area contributed by atoms with E-state index in [2.05, 4.69) is 5.32 Å². The van der Waals surface area contributed by atoms with E-state index in [0.717, 1.165) is 6.07 Å². The van der Waals surface area contributed by atoms with Crippen LogP contribution in [0.15, 0.2) is 18.2 Å². The normalized spacial score (nSPS) is 11.0. The van der Waals surface area contributed by atoms with Crippen molar-refractivity contribution in [3.05, 3.63) is 29.3 Å². The first kappa shape index (κ1) is 16.6. The van der Waals surface area contributed by atoms with E-state index in [-0.39, 0.29) is 29.1 Å². The van der Waals surface area contributed by atoms with Crippen LogP contribution in [0.2, 0.25) is 0 Å². The third-order valence-electron chi connectivity index (χ3n) is 2.71. The summed E-state index contributed by atoms with van der Waals surface area (Å²) < 4.78 is 0. The number of carboxylic acids is 2. The Morgan fingerprint density at radius 3 is 1.95 bits per heavy atom. The first-order valence-electron chi connectivity index (χ1n) is 6.29. The minimum absolute atomic E-state index is 0.132. The van der Waals surface area contributed by atoms with Crippen LogP contribution in [0.3, 0.4) is 0 Å². The van der Waals surface area contributed by atoms with Gasteiger partial charge in [0.15, 0.2) is 0 Å². The van der Waals surface area contributed by atoms with Crippen molar-refractivity contribution in [1.29, 1.82) is 0 Å². The largest absolute Gasteiger partial charge is 0.478 e. The maximum absolute atomic E-state index is 11.8. The quantitative estimate of drug-likeness (QED) is 0.629. The van der Waals surface area contributed by atoms with Gasteiger partial charge >= 0.3 is 11.9 Å². The summed E-state index contributed by atoms with van der Waals surface area (Å²) in [5.41, 5.74) is 5.00. The molecular formula is C14H18N2O5. The van der Waals surface area contributed by atoms with E-state index in [0.29, 0.717) is 6.42 Å². The van der Waals surface area contributed by atoms with Gasteiger partial charge in [0, 0.05) is 17.6 Å². The van der Waals surface area contributed by atoms with Crippen LogP contribution in [0.25, 0.3) is 0 Å². The highest BCUT2D eigenvalue weighted by molar-refractivity contribution is 5.98. The van der Waals surface area contributed by atoms with Crippen LogP contribution in [0.4, 0.5) is 5.69 Å². The molecule has 0 saturated heterocycles. The first-order valence-corrected chi connectivity index (χ1v) is 6.29. The van der Waals surface area contributed by atoms with Crippen molar-refractivity contribution < 1.29 is 24.6 Å². The molecule has 0 atom stereocenters. The molecule has 0 radical (unpaired) electrons. The zero-order chi connectivity index (χ0) is 16.2. The Hall–Kier alpha value is -2.41. The van der Waals surface area contributed by atoms with Crippen LogP contribution in [0, 0.1) is 0 Å². The van der Waals surface area contributed by atoms with E-state index >= 15 is 0 Å². The van der Waals surface area contributed by atoms with E-state index in [9.17, 15) is 14.4 Å². The van der Waals surface area contributed by atoms with E-state index in [1.807, 2.05) is 0 Å². The first-order chi connectivity index (χ1) is 9.58. The Labute approximate surface area is 121 Å². The zero-order valence-electron chi connectivity index (χ0n) is 11.8. The molecule has 7 nitrogen and oxygen atoms in total. The molecule has 0 aliphatic rings. The predicted molar refractivity (Wildman–Crippen MR) is 76.5 cm³/mol. The van der Waals surface area contributed by atoms with Gasteiger partial charge in [-0.25, -0.2) is 9.59 Å². The fourth-order valence-electron chi connectivity index (χ4n) is 1.61. The Bertz CT molecular complexity index is 543. The molecule has 0 aromatic heterocycles. The summed E-state index contributed by atoms with van der Waals surface area (Å²) in [7, 11) is 0. The van der Waals surface area contributed by atoms with Gasteiger partial charge in [-0.2, -0.15) is 0 Å². The molecule has 5 N–H and O–H groups in total. The van der Waals surface area contributed by atoms with Crippen LogP contribution in [0.5, 0.6) is 0 Å². The molecular weight excluding hydrogens is 276 g/mol. The molecule has 114 valence electrons. The van der Waals surface area contributed by atoms with Crippen molar-refractivity contribution in [3.63, 3.8) is 0 Å². The third kappa shape index (κ3) is 5.62. The number of carboxylic acid groups (broad SMARTS) is 2. The Balaban J connectivity index is 2.89. The van der Waals surface area contributed by atoms with Gasteiger partial charge in [0.25, 0.3) is 0 Å². The molecule has 0 aliphatic heterocycles. The fourth-order valence-corrected chi connectivity index (χ4v) is 1.61. The van der Waals surface area contributed by atoms with Crippen LogP contribution < -0.4 is 11.1 Å². The fraction of sp³-hybridized carbons (Fsp3) is 0.357. The molecule has 0 aliphatic carbocycles. The summed E-state index contributed by atoms with van der Waals surface area (Å²) in [5.74, 6) is -2.89. The monoisotopic (exact) mass is 294 g/mol. The van der Waals surface area contributed by atoms with E-state index in [4.69, 9.17) is 15.9 Å². The van der Waals surface area contributed by atoms with Crippen molar-refractivity contribution in [2.75, 3.05) is 5.32 Å². The molecule has 0 heterocycles. The summed E-state index contributed by atoms with van der Waals surface area (Å²) in [6.07, 6.45) is 0.604. The van der Waals surface area contributed by atoms with Crippen molar-refractivity contribution in [3.8, 4) is 0 Å². The number of carbonyl (C=O) groups is 3. The highest BCUT2D eigenvalue weighted by Gasteiger charge is 2.15. The van der Waals surface area contributed by atoms with Crippen molar-refractivity contribution in [2.24, 2.45) is 5.73 Å². The van der Waals surface area contributed by atoms with E-state index < -0.39 is 17.5 Å². The van der Waals surface area contributed by atoms with Gasteiger partial charge in [-0.1, -0.05) is 0 Å². The lowest BCUT2D eigenvalue weighted by Crippen LogP contribution is -2.33. The van der Waals surface area contributed by atoms with E-state index in [1.54, 1.807) is 13.8 Å². The van der Waals surface area contributed by atoms with Crippen LogP contribution >= 0.6 is 0 Å². The lowest BCUT2D eigenvalue weighted by molar-refractivity contribution is -0.116. The lowest BCUT2D eigenvalue weighted by atomic mass is 10.00. The molecule has 7 heteroatoms. The van der Waals surface area contributed by atoms with Crippen LogP contribution in [-0.2, 0) is 4.79 Å². The molecule has 0 saturated carbocycles. The number of nitrogens with two attached hydrogens (primary N) is 1. The standard InChI is InChI=1S/C14H18N2O5/c1-14(2,15)4-3-11(17)16-10-6-8(12(18)19)5-9(7-10)13(20)21/h5-7H,3-4,15H2,1-2H3,(H,16,17)(H,18,19)(H,20,21). The van der Waals surface area contributed by atoms with Gasteiger partial charge in [0.1, 0.15) is 0 Å². The third-order valence-corrected chi connectivity index (χ3v) is 2.71. The zero-order valence-corrected chi connectivity index (χ0v) is 11.8. The second-order valence-electron chi connectivity index (χ2n) is 5.45. The van der Waals surface area contributed by atoms with Crippen LogP contribution in [-0.4, -0.2) is 33.6 Å². The lowest BCUT2D eigenvalue weighted by Gasteiger charge is -2.17. The molecule has 21 heavy (non-hydrogen) atoms. The van der Waals surface area contributed by atoms with Crippen molar-refractivity contribution >= 4 is 23.5 Å². The number of amides is 1. The average molecular weight is 294 g/mol. The topological polar surface area (TPSA) is 130 Å². The number of anilines is 1. The number of hydrogen-bond acceptors (Lipinski definition) is 4. The Morgan fingerprint density at radius 2 is 1.57 bits per heavy atom. The molecule has 1 amide bonds. The number of carbonyl (C=O) groups excluding carboxylic acids is 1. The number of hydrogen-bond donors (Lipinski definition) is 4. The SMILES string of the molecule is CC(C)(N)CCC(=O)Nc1cc(C(=O)O)cc(C(=O)O)c1. The summed E-state index contributed by atoms with van der Waals surface area (Å²) >= 11 is 0. The van der Waals surface area contributed by atoms with Gasteiger partial charge in [0.2, 0.25) is 5.91 Å². The van der Waals surface area contributed by atoms with Gasteiger partial charge in [-0.15, -0.1) is 0 Å². The highest BCUT2D eigenvalue weighted by Crippen LogP contribution is 2.17. The summed E-state index contributed by atoms with van der Waals surface area (Å²) in [6.45, 7) is 3.57. The Morgan fingerprint density at radius 1 is 1.10 bits per heavy atom.